The van der Waals surface area contributed by atoms with Crippen LogP contribution in [0.5, 0.6) is 0 Å². The molecule has 0 spiro atoms. The van der Waals surface area contributed by atoms with E-state index < -0.39 is 12.2 Å². The van der Waals surface area contributed by atoms with E-state index in [-0.39, 0.29) is 6.61 Å². The Morgan fingerprint density at radius 2 is 2.13 bits per heavy atom. The normalized spacial score (nSPS) is 20.5. The third-order valence-electron chi connectivity index (χ3n) is 2.22. The number of anilines is 1. The number of hydrogen-bond acceptors (Lipinski definition) is 3. The first-order valence-electron chi connectivity index (χ1n) is 4.55. The van der Waals surface area contributed by atoms with Gasteiger partial charge in [0.2, 0.25) is 0 Å². The van der Waals surface area contributed by atoms with Crippen LogP contribution in [0.2, 0.25) is 0 Å². The van der Waals surface area contributed by atoms with E-state index in [0.717, 1.165) is 9.26 Å². The van der Waals surface area contributed by atoms with Crippen molar-refractivity contribution in [3.8, 4) is 0 Å². The zero-order valence-corrected chi connectivity index (χ0v) is 10.0. The van der Waals surface area contributed by atoms with Gasteiger partial charge in [0, 0.05) is 9.26 Å². The summed E-state index contributed by atoms with van der Waals surface area (Å²) in [5.41, 5.74) is 0.802. The van der Waals surface area contributed by atoms with Gasteiger partial charge in [0.25, 0.3) is 0 Å². The van der Waals surface area contributed by atoms with E-state index in [1.54, 1.807) is 0 Å². The van der Waals surface area contributed by atoms with Gasteiger partial charge in [-0.05, 0) is 46.9 Å². The van der Waals surface area contributed by atoms with Gasteiger partial charge in [-0.2, -0.15) is 0 Å². The molecule has 0 unspecified atom stereocenters. The standard InChI is InChI=1S/C10H10INO3/c11-7-1-3-8(4-2-7)12-5-9(6-13)15-10(12)14/h1-4,9,13H,5-6H2/t9-/m1/s1. The summed E-state index contributed by atoms with van der Waals surface area (Å²) < 4.78 is 6.06. The molecular weight excluding hydrogens is 309 g/mol. The lowest BCUT2D eigenvalue weighted by atomic mass is 10.3. The molecule has 1 amide bonds. The summed E-state index contributed by atoms with van der Waals surface area (Å²) >= 11 is 2.20. The van der Waals surface area contributed by atoms with Crippen molar-refractivity contribution in [3.05, 3.63) is 27.8 Å². The molecule has 80 valence electrons. The smallest absolute Gasteiger partial charge is 0.414 e. The lowest BCUT2D eigenvalue weighted by Gasteiger charge is -2.12. The van der Waals surface area contributed by atoms with Gasteiger partial charge in [0.05, 0.1) is 13.2 Å². The summed E-state index contributed by atoms with van der Waals surface area (Å²) in [7, 11) is 0. The van der Waals surface area contributed by atoms with Crippen molar-refractivity contribution in [2.75, 3.05) is 18.1 Å². The molecule has 0 aliphatic carbocycles. The average Bonchev–Trinajstić information content (AvgIpc) is 2.61. The Morgan fingerprint density at radius 3 is 2.67 bits per heavy atom. The molecule has 4 nitrogen and oxygen atoms in total. The molecule has 1 saturated heterocycles. The Bertz CT molecular complexity index is 365. The van der Waals surface area contributed by atoms with Crippen LogP contribution in [0.3, 0.4) is 0 Å². The van der Waals surface area contributed by atoms with Crippen molar-refractivity contribution in [1.29, 1.82) is 0 Å². The fourth-order valence-corrected chi connectivity index (χ4v) is 1.81. The van der Waals surface area contributed by atoms with Gasteiger partial charge in [-0.3, -0.25) is 4.90 Å². The predicted octanol–water partition coefficient (Wildman–Crippen LogP) is 1.61. The third kappa shape index (κ3) is 2.23. The number of carbonyl (C=O) groups excluding carboxylic acids is 1. The lowest BCUT2D eigenvalue weighted by Crippen LogP contribution is -2.25. The molecule has 15 heavy (non-hydrogen) atoms. The van der Waals surface area contributed by atoms with Crippen LogP contribution in [-0.2, 0) is 4.74 Å². The lowest BCUT2D eigenvalue weighted by molar-refractivity contribution is 0.0963. The van der Waals surface area contributed by atoms with Crippen LogP contribution in [0, 0.1) is 3.57 Å². The zero-order valence-electron chi connectivity index (χ0n) is 7.89. The fourth-order valence-electron chi connectivity index (χ4n) is 1.45. The van der Waals surface area contributed by atoms with Crippen molar-refractivity contribution >= 4 is 34.4 Å². The molecule has 1 aliphatic heterocycles. The van der Waals surface area contributed by atoms with Gasteiger partial charge in [-0.25, -0.2) is 4.79 Å². The van der Waals surface area contributed by atoms with Gasteiger partial charge in [-0.1, -0.05) is 0 Å². The molecule has 1 aromatic carbocycles. The molecule has 0 saturated carbocycles. The predicted molar refractivity (Wildman–Crippen MR) is 63.9 cm³/mol. The van der Waals surface area contributed by atoms with Crippen LogP contribution in [-0.4, -0.2) is 30.5 Å². The molecule has 1 atom stereocenters. The SMILES string of the molecule is O=C1O[C@@H](CO)CN1c1ccc(I)cc1. The number of cyclic esters (lactones) is 1. The summed E-state index contributed by atoms with van der Waals surface area (Å²) in [4.78, 5) is 12.9. The minimum atomic E-state index is -0.406. The third-order valence-corrected chi connectivity index (χ3v) is 2.94. The Labute approximate surface area is 101 Å². The number of benzene rings is 1. The van der Waals surface area contributed by atoms with E-state index in [1.165, 1.54) is 4.90 Å². The number of aliphatic hydroxyl groups is 1. The highest BCUT2D eigenvalue weighted by Gasteiger charge is 2.31. The van der Waals surface area contributed by atoms with Crippen LogP contribution in [0.25, 0.3) is 0 Å². The summed E-state index contributed by atoms with van der Waals surface area (Å²) in [6, 6.07) is 7.58. The minimum Gasteiger partial charge on any atom is -0.441 e. The van der Waals surface area contributed by atoms with Crippen molar-refractivity contribution in [2.45, 2.75) is 6.10 Å². The molecule has 5 heteroatoms. The second kappa shape index (κ2) is 4.36. The maximum atomic E-state index is 11.4. The molecule has 1 aliphatic rings. The molecule has 2 rings (SSSR count). The summed E-state index contributed by atoms with van der Waals surface area (Å²) in [6.07, 6.45) is -0.799. The van der Waals surface area contributed by atoms with Gasteiger partial charge < -0.3 is 9.84 Å². The second-order valence-corrected chi connectivity index (χ2v) is 4.52. The maximum absolute atomic E-state index is 11.4. The monoisotopic (exact) mass is 319 g/mol. The van der Waals surface area contributed by atoms with Gasteiger partial charge >= 0.3 is 6.09 Å². The van der Waals surface area contributed by atoms with E-state index in [2.05, 4.69) is 22.6 Å². The van der Waals surface area contributed by atoms with Gasteiger partial charge in [0.15, 0.2) is 0 Å². The number of amides is 1. The Hall–Kier alpha value is -0.820. The Morgan fingerprint density at radius 1 is 1.47 bits per heavy atom. The molecule has 1 N–H and O–H groups in total. The maximum Gasteiger partial charge on any atom is 0.414 e. The highest BCUT2D eigenvalue weighted by Crippen LogP contribution is 2.22. The molecule has 1 heterocycles. The molecule has 0 bridgehead atoms. The molecule has 1 fully saturated rings. The summed E-state index contributed by atoms with van der Waals surface area (Å²) in [5.74, 6) is 0. The molecular formula is C10H10INO3. The van der Waals surface area contributed by atoms with E-state index in [4.69, 9.17) is 9.84 Å². The quantitative estimate of drug-likeness (QED) is 0.843. The highest BCUT2D eigenvalue weighted by atomic mass is 127. The number of ether oxygens (including phenoxy) is 1. The van der Waals surface area contributed by atoms with Gasteiger partial charge in [-0.15, -0.1) is 0 Å². The number of nitrogens with zero attached hydrogens (tertiary/aromatic N) is 1. The van der Waals surface area contributed by atoms with Crippen LogP contribution in [0.15, 0.2) is 24.3 Å². The molecule has 0 aromatic heterocycles. The van der Waals surface area contributed by atoms with E-state index in [9.17, 15) is 4.79 Å². The van der Waals surface area contributed by atoms with Crippen molar-refractivity contribution in [1.82, 2.24) is 0 Å². The fraction of sp³-hybridized carbons (Fsp3) is 0.300. The zero-order chi connectivity index (χ0) is 10.8. The molecule has 0 radical (unpaired) electrons. The topological polar surface area (TPSA) is 49.8 Å². The Balaban J connectivity index is 2.18. The Kier molecular flexibility index (Phi) is 3.11. The number of halogens is 1. The number of hydrogen-bond donors (Lipinski definition) is 1. The van der Waals surface area contributed by atoms with Crippen LogP contribution in [0.1, 0.15) is 0 Å². The van der Waals surface area contributed by atoms with Crippen molar-refractivity contribution in [2.24, 2.45) is 0 Å². The second-order valence-electron chi connectivity index (χ2n) is 3.28. The average molecular weight is 319 g/mol. The number of rotatable bonds is 2. The number of aliphatic hydroxyl groups excluding tert-OH is 1. The van der Waals surface area contributed by atoms with Crippen molar-refractivity contribution in [3.63, 3.8) is 0 Å². The first kappa shape index (κ1) is 10.7. The highest BCUT2D eigenvalue weighted by molar-refractivity contribution is 14.1. The first-order valence-corrected chi connectivity index (χ1v) is 5.63. The summed E-state index contributed by atoms with van der Waals surface area (Å²) in [5, 5.41) is 8.89. The molecule has 1 aromatic rings. The number of carbonyl (C=O) groups is 1. The first-order chi connectivity index (χ1) is 7.20. The van der Waals surface area contributed by atoms with E-state index in [0.29, 0.717) is 6.54 Å². The summed E-state index contributed by atoms with van der Waals surface area (Å²) in [6.45, 7) is 0.280. The van der Waals surface area contributed by atoms with Crippen LogP contribution >= 0.6 is 22.6 Å². The van der Waals surface area contributed by atoms with Crippen molar-refractivity contribution < 1.29 is 14.6 Å². The van der Waals surface area contributed by atoms with Crippen LogP contribution in [0.4, 0.5) is 10.5 Å². The largest absolute Gasteiger partial charge is 0.441 e. The van der Waals surface area contributed by atoms with Gasteiger partial charge in [0.1, 0.15) is 6.10 Å². The van der Waals surface area contributed by atoms with Crippen LogP contribution < -0.4 is 4.90 Å². The van der Waals surface area contributed by atoms with E-state index in [1.807, 2.05) is 24.3 Å². The van der Waals surface area contributed by atoms with E-state index >= 15 is 0 Å². The minimum absolute atomic E-state index is 0.132.